The van der Waals surface area contributed by atoms with Gasteiger partial charge in [0.25, 0.3) is 0 Å². The largest absolute Gasteiger partial charge is 0.308 e. The summed E-state index contributed by atoms with van der Waals surface area (Å²) in [5, 5.41) is 0. The van der Waals surface area contributed by atoms with Gasteiger partial charge in [-0.2, -0.15) is 0 Å². The second-order valence-electron chi connectivity index (χ2n) is 11.5. The monoisotopic (exact) mass is 570 g/mol. The second-order valence-corrected chi connectivity index (χ2v) is 11.5. The van der Waals surface area contributed by atoms with Crippen molar-refractivity contribution in [1.82, 2.24) is 9.97 Å². The molecule has 0 unspecified atom stereocenters. The Morgan fingerprint density at radius 3 is 0.977 bits per heavy atom. The smallest absolute Gasteiger partial charge is 0.116 e. The van der Waals surface area contributed by atoms with Crippen molar-refractivity contribution in [1.29, 1.82) is 0 Å². The molecular weight excluding hydrogens is 536 g/mol. The molecule has 0 bridgehead atoms. The molecule has 6 aromatic carbocycles. The molecule has 0 saturated carbocycles. The van der Waals surface area contributed by atoms with E-state index in [1.807, 2.05) is 24.3 Å². The van der Waals surface area contributed by atoms with E-state index in [-0.39, 0.29) is 0 Å². The first-order valence-electron chi connectivity index (χ1n) is 15.0. The maximum absolute atomic E-state index is 5.33. The van der Waals surface area contributed by atoms with Crippen LogP contribution in [-0.4, -0.2) is 9.97 Å². The zero-order valence-corrected chi connectivity index (χ0v) is 25.5. The van der Waals surface area contributed by atoms with Crippen molar-refractivity contribution in [2.75, 3.05) is 9.80 Å². The van der Waals surface area contributed by atoms with Gasteiger partial charge in [0, 0.05) is 22.7 Å². The van der Waals surface area contributed by atoms with Gasteiger partial charge < -0.3 is 9.80 Å². The molecule has 0 fully saturated rings. The number of aromatic nitrogens is 2. The minimum atomic E-state index is 0.842. The van der Waals surface area contributed by atoms with Crippen molar-refractivity contribution in [2.24, 2.45) is 0 Å². The number of aryl methyl sites for hydroxylation is 4. The lowest BCUT2D eigenvalue weighted by molar-refractivity contribution is 1.23. The second kappa shape index (κ2) is 11.3. The Balaban J connectivity index is 1.57. The van der Waals surface area contributed by atoms with Crippen LogP contribution >= 0.6 is 0 Å². The fourth-order valence-corrected chi connectivity index (χ4v) is 5.96. The molecule has 0 N–H and O–H groups in total. The summed E-state index contributed by atoms with van der Waals surface area (Å²) in [6.07, 6.45) is 0. The molecule has 4 heteroatoms. The number of nitrogens with zero attached hydrogens (tertiary/aromatic N) is 4. The Labute approximate surface area is 258 Å². The number of hydrogen-bond donors (Lipinski definition) is 0. The number of benzene rings is 6. The SMILES string of the molecule is Cc1cccc(N(c2cccc(C)c2)c2ccc(N(c3cccc(C)c3)c3cccc(C)c3)c3nc4ccccc4nc23)c1. The van der Waals surface area contributed by atoms with Gasteiger partial charge in [0.1, 0.15) is 11.0 Å². The minimum absolute atomic E-state index is 0.842. The van der Waals surface area contributed by atoms with Crippen LogP contribution in [0.4, 0.5) is 34.1 Å². The molecule has 7 aromatic rings. The van der Waals surface area contributed by atoms with E-state index in [0.29, 0.717) is 0 Å². The fourth-order valence-electron chi connectivity index (χ4n) is 5.96. The van der Waals surface area contributed by atoms with Crippen LogP contribution in [0.1, 0.15) is 22.3 Å². The summed E-state index contributed by atoms with van der Waals surface area (Å²) >= 11 is 0. The van der Waals surface area contributed by atoms with Crippen molar-refractivity contribution < 1.29 is 0 Å². The Bertz CT molecular complexity index is 1900. The summed E-state index contributed by atoms with van der Waals surface area (Å²) in [7, 11) is 0. The molecule has 0 radical (unpaired) electrons. The molecule has 0 saturated heterocycles. The summed E-state index contributed by atoms with van der Waals surface area (Å²) in [5.41, 5.74) is 14.5. The molecule has 44 heavy (non-hydrogen) atoms. The minimum Gasteiger partial charge on any atom is -0.308 e. The lowest BCUT2D eigenvalue weighted by Crippen LogP contribution is -2.15. The average molecular weight is 571 g/mol. The quantitative estimate of drug-likeness (QED) is 0.186. The van der Waals surface area contributed by atoms with Gasteiger partial charge in [-0.3, -0.25) is 0 Å². The summed E-state index contributed by atoms with van der Waals surface area (Å²) in [5.74, 6) is 0. The van der Waals surface area contributed by atoms with Crippen LogP contribution in [0.3, 0.4) is 0 Å². The predicted molar refractivity (Wildman–Crippen MR) is 185 cm³/mol. The highest BCUT2D eigenvalue weighted by atomic mass is 15.2. The molecular formula is C40H34N4. The van der Waals surface area contributed by atoms with E-state index >= 15 is 0 Å². The third kappa shape index (κ3) is 5.16. The summed E-state index contributed by atoms with van der Waals surface area (Å²) in [6.45, 7) is 8.53. The van der Waals surface area contributed by atoms with Crippen LogP contribution in [0.2, 0.25) is 0 Å². The standard InChI is InChI=1S/C40H34N4/c1-27-11-7-15-31(23-27)43(32-16-8-12-28(2)24-32)37-21-22-38(40-39(37)41-35-19-5-6-20-36(35)42-40)44(33-17-9-13-29(3)25-33)34-18-10-14-30(4)26-34/h5-26H,1-4H3. The van der Waals surface area contributed by atoms with Gasteiger partial charge in [0.15, 0.2) is 0 Å². The van der Waals surface area contributed by atoms with Crippen LogP contribution in [0.25, 0.3) is 22.1 Å². The van der Waals surface area contributed by atoms with Gasteiger partial charge in [0.2, 0.25) is 0 Å². The van der Waals surface area contributed by atoms with E-state index in [1.54, 1.807) is 0 Å². The maximum Gasteiger partial charge on any atom is 0.116 e. The van der Waals surface area contributed by atoms with Crippen LogP contribution in [0.5, 0.6) is 0 Å². The van der Waals surface area contributed by atoms with Crippen molar-refractivity contribution in [2.45, 2.75) is 27.7 Å². The van der Waals surface area contributed by atoms with Crippen molar-refractivity contribution in [3.05, 3.63) is 156 Å². The third-order valence-electron chi connectivity index (χ3n) is 7.98. The van der Waals surface area contributed by atoms with Gasteiger partial charge >= 0.3 is 0 Å². The van der Waals surface area contributed by atoms with Crippen LogP contribution in [0, 0.1) is 27.7 Å². The van der Waals surface area contributed by atoms with E-state index in [1.165, 1.54) is 22.3 Å². The highest BCUT2D eigenvalue weighted by Crippen LogP contribution is 2.44. The van der Waals surface area contributed by atoms with E-state index in [2.05, 4.69) is 147 Å². The van der Waals surface area contributed by atoms with Gasteiger partial charge in [-0.15, -0.1) is 0 Å². The molecule has 0 amide bonds. The Morgan fingerprint density at radius 2 is 0.682 bits per heavy atom. The molecule has 0 atom stereocenters. The molecule has 1 heterocycles. The van der Waals surface area contributed by atoms with Gasteiger partial charge in [-0.25, -0.2) is 9.97 Å². The van der Waals surface area contributed by atoms with Crippen LogP contribution < -0.4 is 9.80 Å². The Morgan fingerprint density at radius 1 is 0.364 bits per heavy atom. The number of fused-ring (bicyclic) bond motifs is 2. The van der Waals surface area contributed by atoms with E-state index < -0.39 is 0 Å². The van der Waals surface area contributed by atoms with Crippen molar-refractivity contribution in [3.8, 4) is 0 Å². The average Bonchev–Trinajstić information content (AvgIpc) is 3.01. The van der Waals surface area contributed by atoms with Crippen LogP contribution in [0.15, 0.2) is 133 Å². The Kier molecular flexibility index (Phi) is 7.03. The number of hydrogen-bond acceptors (Lipinski definition) is 4. The van der Waals surface area contributed by atoms with Gasteiger partial charge in [-0.1, -0.05) is 60.7 Å². The highest BCUT2D eigenvalue weighted by Gasteiger charge is 2.23. The zero-order chi connectivity index (χ0) is 30.2. The van der Waals surface area contributed by atoms with Crippen LogP contribution in [-0.2, 0) is 0 Å². The van der Waals surface area contributed by atoms with E-state index in [4.69, 9.17) is 9.97 Å². The normalized spacial score (nSPS) is 11.2. The van der Waals surface area contributed by atoms with E-state index in [9.17, 15) is 0 Å². The molecule has 214 valence electrons. The number of para-hydroxylation sites is 2. The first-order chi connectivity index (χ1) is 21.4. The molecule has 0 spiro atoms. The Hall–Kier alpha value is -5.48. The molecule has 1 aromatic heterocycles. The van der Waals surface area contributed by atoms with Crippen molar-refractivity contribution in [3.63, 3.8) is 0 Å². The zero-order valence-electron chi connectivity index (χ0n) is 25.5. The lowest BCUT2D eigenvalue weighted by Gasteiger charge is -2.30. The topological polar surface area (TPSA) is 32.3 Å². The molecule has 4 nitrogen and oxygen atoms in total. The molecule has 0 aliphatic carbocycles. The number of rotatable bonds is 6. The van der Waals surface area contributed by atoms with E-state index in [0.717, 1.165) is 56.2 Å². The number of anilines is 6. The maximum atomic E-state index is 5.33. The third-order valence-corrected chi connectivity index (χ3v) is 7.98. The van der Waals surface area contributed by atoms with Gasteiger partial charge in [-0.05, 0) is 123 Å². The first kappa shape index (κ1) is 27.4. The molecule has 0 aliphatic heterocycles. The highest BCUT2D eigenvalue weighted by molar-refractivity contribution is 6.05. The van der Waals surface area contributed by atoms with Crippen molar-refractivity contribution >= 4 is 56.2 Å². The molecule has 7 rings (SSSR count). The fraction of sp³-hybridized carbons (Fsp3) is 0.100. The first-order valence-corrected chi connectivity index (χ1v) is 15.0. The summed E-state index contributed by atoms with van der Waals surface area (Å²) in [6, 6.07) is 47.1. The lowest BCUT2D eigenvalue weighted by atomic mass is 10.1. The predicted octanol–water partition coefficient (Wildman–Crippen LogP) is 11.0. The molecule has 0 aliphatic rings. The van der Waals surface area contributed by atoms with Gasteiger partial charge in [0.05, 0.1) is 22.4 Å². The summed E-state index contributed by atoms with van der Waals surface area (Å²) < 4.78 is 0. The summed E-state index contributed by atoms with van der Waals surface area (Å²) in [4.78, 5) is 15.3.